The largest absolute Gasteiger partial charge is 0.506 e. The Morgan fingerprint density at radius 3 is 2.74 bits per heavy atom. The Kier molecular flexibility index (Phi) is 6.67. The second-order valence-corrected chi connectivity index (χ2v) is 7.87. The van der Waals surface area contributed by atoms with Gasteiger partial charge in [0.05, 0.1) is 43.5 Å². The Morgan fingerprint density at radius 2 is 1.97 bits per heavy atom. The smallest absolute Gasteiger partial charge is 0.204 e. The number of hydrogen-bond donors (Lipinski definition) is 4. The fourth-order valence-electron chi connectivity index (χ4n) is 3.79. The van der Waals surface area contributed by atoms with E-state index in [2.05, 4.69) is 20.2 Å². The Hall–Kier alpha value is -2.72. The number of aromatic nitrogens is 3. The minimum absolute atomic E-state index is 0.0733. The Morgan fingerprint density at radius 1 is 1.16 bits per heavy atom. The van der Waals surface area contributed by atoms with E-state index in [1.165, 1.54) is 0 Å². The van der Waals surface area contributed by atoms with Crippen LogP contribution in [0.3, 0.4) is 0 Å². The molecule has 1 aliphatic heterocycles. The SMILES string of the molecule is Cc1ccc(O)c(Cn2c(NC[C@@H](O)CN3CCOCC3)nc3ccc(CO)cc32)n1. The molecule has 0 bridgehead atoms. The summed E-state index contributed by atoms with van der Waals surface area (Å²) in [5.41, 5.74) is 3.69. The van der Waals surface area contributed by atoms with Crippen molar-refractivity contribution in [2.75, 3.05) is 44.7 Å². The van der Waals surface area contributed by atoms with Gasteiger partial charge < -0.3 is 29.9 Å². The van der Waals surface area contributed by atoms with E-state index in [-0.39, 0.29) is 12.4 Å². The Bertz CT molecular complexity index is 1030. The molecule has 3 heterocycles. The Labute approximate surface area is 180 Å². The maximum Gasteiger partial charge on any atom is 0.204 e. The zero-order valence-corrected chi connectivity index (χ0v) is 17.7. The van der Waals surface area contributed by atoms with E-state index in [9.17, 15) is 15.3 Å². The standard InChI is InChI=1S/C22H29N5O4/c1-15-2-5-21(30)19(24-15)13-27-20-10-16(14-28)3-4-18(20)25-22(27)23-11-17(29)12-26-6-8-31-9-7-26/h2-5,10,17,28-30H,6-9,11-14H2,1H3,(H,23,25)/t17-/m1/s1. The first-order chi connectivity index (χ1) is 15.0. The third kappa shape index (κ3) is 5.13. The molecule has 9 nitrogen and oxygen atoms in total. The molecule has 3 aromatic rings. The number of ether oxygens (including phenoxy) is 1. The number of aryl methyl sites for hydroxylation is 1. The number of benzene rings is 1. The molecule has 0 unspecified atom stereocenters. The first-order valence-corrected chi connectivity index (χ1v) is 10.5. The van der Waals surface area contributed by atoms with Gasteiger partial charge in [0.25, 0.3) is 0 Å². The topological polar surface area (TPSA) is 116 Å². The van der Waals surface area contributed by atoms with E-state index < -0.39 is 6.10 Å². The molecule has 0 aliphatic carbocycles. The van der Waals surface area contributed by atoms with Crippen molar-refractivity contribution in [1.29, 1.82) is 0 Å². The highest BCUT2D eigenvalue weighted by Gasteiger charge is 2.18. The molecule has 1 saturated heterocycles. The van der Waals surface area contributed by atoms with E-state index in [0.717, 1.165) is 35.4 Å². The van der Waals surface area contributed by atoms with Gasteiger partial charge in [0.1, 0.15) is 11.4 Å². The third-order valence-corrected chi connectivity index (χ3v) is 5.46. The number of aliphatic hydroxyl groups is 2. The summed E-state index contributed by atoms with van der Waals surface area (Å²) in [4.78, 5) is 11.3. The van der Waals surface area contributed by atoms with Crippen LogP contribution < -0.4 is 5.32 Å². The van der Waals surface area contributed by atoms with Gasteiger partial charge in [-0.05, 0) is 36.8 Å². The molecule has 0 spiro atoms. The summed E-state index contributed by atoms with van der Waals surface area (Å²) in [5.74, 6) is 0.692. The first-order valence-electron chi connectivity index (χ1n) is 10.5. The van der Waals surface area contributed by atoms with Crippen molar-refractivity contribution in [3.8, 4) is 5.75 Å². The van der Waals surface area contributed by atoms with Crippen LogP contribution in [0.1, 0.15) is 17.0 Å². The van der Waals surface area contributed by atoms with Gasteiger partial charge in [-0.25, -0.2) is 4.98 Å². The van der Waals surface area contributed by atoms with Crippen molar-refractivity contribution in [3.63, 3.8) is 0 Å². The zero-order valence-electron chi connectivity index (χ0n) is 17.7. The van der Waals surface area contributed by atoms with E-state index >= 15 is 0 Å². The normalized spacial score (nSPS) is 16.0. The van der Waals surface area contributed by atoms with Crippen LogP contribution in [-0.2, 0) is 17.9 Å². The average molecular weight is 428 g/mol. The van der Waals surface area contributed by atoms with Gasteiger partial charge in [-0.1, -0.05) is 6.07 Å². The van der Waals surface area contributed by atoms with Crippen molar-refractivity contribution in [2.45, 2.75) is 26.2 Å². The monoisotopic (exact) mass is 427 g/mol. The fraction of sp³-hybridized carbons (Fsp3) is 0.455. The highest BCUT2D eigenvalue weighted by molar-refractivity contribution is 5.79. The fourth-order valence-corrected chi connectivity index (χ4v) is 3.79. The number of anilines is 1. The molecule has 1 fully saturated rings. The summed E-state index contributed by atoms with van der Waals surface area (Å²) in [6, 6.07) is 8.96. The summed E-state index contributed by atoms with van der Waals surface area (Å²) < 4.78 is 7.27. The van der Waals surface area contributed by atoms with Crippen molar-refractivity contribution in [2.24, 2.45) is 0 Å². The summed E-state index contributed by atoms with van der Waals surface area (Å²) in [6.45, 7) is 6.02. The molecule has 2 aromatic heterocycles. The van der Waals surface area contributed by atoms with E-state index in [1.54, 1.807) is 12.1 Å². The number of aliphatic hydroxyl groups excluding tert-OH is 2. The maximum atomic E-state index is 10.5. The number of β-amino-alcohol motifs (C(OH)–C–C–N with tert-alkyl or cyclic N) is 1. The second-order valence-electron chi connectivity index (χ2n) is 7.87. The van der Waals surface area contributed by atoms with Crippen molar-refractivity contribution in [3.05, 3.63) is 47.3 Å². The van der Waals surface area contributed by atoms with Crippen LogP contribution >= 0.6 is 0 Å². The number of nitrogens with zero attached hydrogens (tertiary/aromatic N) is 4. The van der Waals surface area contributed by atoms with Gasteiger partial charge in [0.2, 0.25) is 5.95 Å². The lowest BCUT2D eigenvalue weighted by Crippen LogP contribution is -2.42. The molecular formula is C22H29N5O4. The molecule has 9 heteroatoms. The molecule has 1 aliphatic rings. The number of nitrogens with one attached hydrogen (secondary N) is 1. The molecule has 0 amide bonds. The predicted octanol–water partition coefficient (Wildman–Crippen LogP) is 1.09. The van der Waals surface area contributed by atoms with Crippen LogP contribution in [0, 0.1) is 6.92 Å². The second kappa shape index (κ2) is 9.61. The molecule has 4 N–H and O–H groups in total. The van der Waals surface area contributed by atoms with Crippen LogP contribution in [0.5, 0.6) is 5.75 Å². The molecule has 0 saturated carbocycles. The van der Waals surface area contributed by atoms with Crippen molar-refractivity contribution in [1.82, 2.24) is 19.4 Å². The molecule has 1 aromatic carbocycles. The number of pyridine rings is 1. The van der Waals surface area contributed by atoms with Crippen LogP contribution in [0.2, 0.25) is 0 Å². The molecule has 166 valence electrons. The van der Waals surface area contributed by atoms with Crippen LogP contribution in [0.4, 0.5) is 5.95 Å². The minimum Gasteiger partial charge on any atom is -0.506 e. The van der Waals surface area contributed by atoms with Gasteiger partial charge in [-0.15, -0.1) is 0 Å². The first kappa shape index (κ1) is 21.5. The van der Waals surface area contributed by atoms with Gasteiger partial charge in [-0.3, -0.25) is 9.88 Å². The molecule has 31 heavy (non-hydrogen) atoms. The minimum atomic E-state index is -0.565. The zero-order chi connectivity index (χ0) is 21.8. The van der Waals surface area contributed by atoms with E-state index in [4.69, 9.17) is 4.74 Å². The van der Waals surface area contributed by atoms with E-state index in [1.807, 2.05) is 29.7 Å². The van der Waals surface area contributed by atoms with Crippen LogP contribution in [0.15, 0.2) is 30.3 Å². The van der Waals surface area contributed by atoms with Gasteiger partial charge in [0, 0.05) is 31.9 Å². The molecular weight excluding hydrogens is 398 g/mol. The quantitative estimate of drug-likeness (QED) is 0.422. The predicted molar refractivity (Wildman–Crippen MR) is 117 cm³/mol. The highest BCUT2D eigenvalue weighted by atomic mass is 16.5. The molecule has 1 atom stereocenters. The van der Waals surface area contributed by atoms with Gasteiger partial charge in [-0.2, -0.15) is 0 Å². The lowest BCUT2D eigenvalue weighted by atomic mass is 10.2. The van der Waals surface area contributed by atoms with Gasteiger partial charge in [0.15, 0.2) is 0 Å². The summed E-state index contributed by atoms with van der Waals surface area (Å²) in [5, 5.41) is 33.6. The maximum absolute atomic E-state index is 10.5. The third-order valence-electron chi connectivity index (χ3n) is 5.46. The Balaban J connectivity index is 1.57. The van der Waals surface area contributed by atoms with Crippen LogP contribution in [-0.4, -0.2) is 80.3 Å². The molecule has 4 rings (SSSR count). The number of aromatic hydroxyl groups is 1. The van der Waals surface area contributed by atoms with Crippen LogP contribution in [0.25, 0.3) is 11.0 Å². The van der Waals surface area contributed by atoms with Crippen molar-refractivity contribution < 1.29 is 20.1 Å². The highest BCUT2D eigenvalue weighted by Crippen LogP contribution is 2.25. The lowest BCUT2D eigenvalue weighted by Gasteiger charge is -2.28. The number of rotatable bonds is 8. The molecule has 0 radical (unpaired) electrons. The lowest BCUT2D eigenvalue weighted by molar-refractivity contribution is 0.0171. The number of imidazole rings is 1. The van der Waals surface area contributed by atoms with Gasteiger partial charge >= 0.3 is 0 Å². The summed E-state index contributed by atoms with van der Waals surface area (Å²) >= 11 is 0. The number of morpholine rings is 1. The summed E-state index contributed by atoms with van der Waals surface area (Å²) in [6.07, 6.45) is -0.565. The summed E-state index contributed by atoms with van der Waals surface area (Å²) in [7, 11) is 0. The van der Waals surface area contributed by atoms with Crippen molar-refractivity contribution >= 4 is 17.0 Å². The number of fused-ring (bicyclic) bond motifs is 1. The number of hydrogen-bond acceptors (Lipinski definition) is 8. The average Bonchev–Trinajstić information content (AvgIpc) is 3.12. The van der Waals surface area contributed by atoms with E-state index in [0.29, 0.717) is 44.5 Å².